The number of hydrogen-bond donors (Lipinski definition) is 2. The van der Waals surface area contributed by atoms with Crippen LogP contribution < -0.4 is 16.2 Å². The van der Waals surface area contributed by atoms with E-state index in [-0.39, 0.29) is 17.5 Å². The molecule has 1 atom stereocenters. The minimum Gasteiger partial charge on any atom is -0.383 e. The standard InChI is InChI=1S/C18H19N5O2/c1-25-12-8-9-23(10-12)18-21-16(19)15(17(24)22-18)14-7-6-11-4-2-3-5-13(11)20-14/h2-7,12H,8-10H2,1H3,(H3,19,21,22,24). The third kappa shape index (κ3) is 2.83. The van der Waals surface area contributed by atoms with E-state index in [0.717, 1.165) is 23.9 Å². The molecule has 0 aliphatic carbocycles. The predicted molar refractivity (Wildman–Crippen MR) is 97.6 cm³/mol. The van der Waals surface area contributed by atoms with Gasteiger partial charge in [-0.1, -0.05) is 24.3 Å². The molecular weight excluding hydrogens is 318 g/mol. The Morgan fingerprint density at radius 2 is 2.08 bits per heavy atom. The van der Waals surface area contributed by atoms with Gasteiger partial charge in [-0.3, -0.25) is 9.78 Å². The molecule has 1 aromatic carbocycles. The summed E-state index contributed by atoms with van der Waals surface area (Å²) in [6.45, 7) is 1.46. The molecule has 1 aliphatic heterocycles. The van der Waals surface area contributed by atoms with Gasteiger partial charge < -0.3 is 15.4 Å². The van der Waals surface area contributed by atoms with Gasteiger partial charge in [0.05, 0.1) is 17.3 Å². The third-order valence-electron chi connectivity index (χ3n) is 4.57. The third-order valence-corrected chi connectivity index (χ3v) is 4.57. The van der Waals surface area contributed by atoms with Crippen molar-refractivity contribution in [2.75, 3.05) is 30.8 Å². The van der Waals surface area contributed by atoms with Crippen LogP contribution in [0.25, 0.3) is 22.2 Å². The monoisotopic (exact) mass is 337 g/mol. The Kier molecular flexibility index (Phi) is 3.85. The quantitative estimate of drug-likeness (QED) is 0.756. The number of fused-ring (bicyclic) bond motifs is 1. The molecule has 3 aromatic rings. The Hall–Kier alpha value is -2.93. The summed E-state index contributed by atoms with van der Waals surface area (Å²) in [6.07, 6.45) is 1.04. The number of aromatic amines is 1. The molecule has 25 heavy (non-hydrogen) atoms. The zero-order chi connectivity index (χ0) is 17.4. The number of hydrogen-bond acceptors (Lipinski definition) is 6. The first-order valence-electron chi connectivity index (χ1n) is 8.19. The number of aromatic nitrogens is 3. The van der Waals surface area contributed by atoms with Gasteiger partial charge in [0.15, 0.2) is 0 Å². The number of H-pyrrole nitrogens is 1. The number of benzene rings is 1. The number of rotatable bonds is 3. The van der Waals surface area contributed by atoms with Crippen LogP contribution in [0.5, 0.6) is 0 Å². The molecule has 0 radical (unpaired) electrons. The van der Waals surface area contributed by atoms with E-state index in [9.17, 15) is 4.79 Å². The Balaban J connectivity index is 1.74. The van der Waals surface area contributed by atoms with Gasteiger partial charge in [-0.05, 0) is 18.6 Å². The number of nitrogens with zero attached hydrogens (tertiary/aromatic N) is 3. The second-order valence-corrected chi connectivity index (χ2v) is 6.13. The van der Waals surface area contributed by atoms with Gasteiger partial charge in [0, 0.05) is 25.6 Å². The van der Waals surface area contributed by atoms with Gasteiger partial charge in [0.1, 0.15) is 11.4 Å². The zero-order valence-corrected chi connectivity index (χ0v) is 13.9. The predicted octanol–water partition coefficient (Wildman–Crippen LogP) is 1.79. The van der Waals surface area contributed by atoms with E-state index in [4.69, 9.17) is 10.5 Å². The lowest BCUT2D eigenvalue weighted by Gasteiger charge is -2.17. The molecule has 3 heterocycles. The summed E-state index contributed by atoms with van der Waals surface area (Å²) >= 11 is 0. The van der Waals surface area contributed by atoms with E-state index in [2.05, 4.69) is 15.0 Å². The van der Waals surface area contributed by atoms with Crippen LogP contribution in [0.4, 0.5) is 11.8 Å². The molecule has 0 bridgehead atoms. The average molecular weight is 337 g/mol. The fourth-order valence-electron chi connectivity index (χ4n) is 3.19. The first-order valence-corrected chi connectivity index (χ1v) is 8.19. The molecule has 0 spiro atoms. The van der Waals surface area contributed by atoms with Gasteiger partial charge >= 0.3 is 0 Å². The number of pyridine rings is 1. The molecule has 3 N–H and O–H groups in total. The molecular formula is C18H19N5O2. The van der Waals surface area contributed by atoms with Gasteiger partial charge in [0.2, 0.25) is 5.95 Å². The van der Waals surface area contributed by atoms with E-state index in [1.165, 1.54) is 0 Å². The molecule has 2 aromatic heterocycles. The van der Waals surface area contributed by atoms with Crippen molar-refractivity contribution in [2.24, 2.45) is 0 Å². The maximum Gasteiger partial charge on any atom is 0.263 e. The molecule has 1 unspecified atom stereocenters. The van der Waals surface area contributed by atoms with Crippen molar-refractivity contribution in [3.8, 4) is 11.3 Å². The number of anilines is 2. The van der Waals surface area contributed by atoms with Crippen LogP contribution >= 0.6 is 0 Å². The molecule has 7 nitrogen and oxygen atoms in total. The molecule has 1 aliphatic rings. The Morgan fingerprint density at radius 3 is 2.84 bits per heavy atom. The Bertz CT molecular complexity index is 985. The first-order chi connectivity index (χ1) is 12.2. The van der Waals surface area contributed by atoms with Crippen molar-refractivity contribution >= 4 is 22.7 Å². The maximum atomic E-state index is 12.6. The summed E-state index contributed by atoms with van der Waals surface area (Å²) < 4.78 is 5.35. The van der Waals surface area contributed by atoms with Crippen molar-refractivity contribution < 1.29 is 4.74 Å². The van der Waals surface area contributed by atoms with Gasteiger partial charge in [-0.25, -0.2) is 4.98 Å². The van der Waals surface area contributed by atoms with Crippen LogP contribution in [-0.4, -0.2) is 41.3 Å². The number of methoxy groups -OCH3 is 1. The van der Waals surface area contributed by atoms with Crippen LogP contribution in [-0.2, 0) is 4.74 Å². The van der Waals surface area contributed by atoms with E-state index in [0.29, 0.717) is 23.8 Å². The number of ether oxygens (including phenoxy) is 1. The summed E-state index contributed by atoms with van der Waals surface area (Å²) in [4.78, 5) is 26.4. The zero-order valence-electron chi connectivity index (χ0n) is 13.9. The highest BCUT2D eigenvalue weighted by Gasteiger charge is 2.25. The topological polar surface area (TPSA) is 97.1 Å². The summed E-state index contributed by atoms with van der Waals surface area (Å²) in [5, 5.41) is 1.01. The normalized spacial score (nSPS) is 17.3. The van der Waals surface area contributed by atoms with Crippen molar-refractivity contribution in [1.82, 2.24) is 15.0 Å². The summed E-state index contributed by atoms with van der Waals surface area (Å²) in [5.74, 6) is 0.661. The van der Waals surface area contributed by atoms with E-state index in [1.807, 2.05) is 35.2 Å². The second-order valence-electron chi connectivity index (χ2n) is 6.13. The highest BCUT2D eigenvalue weighted by molar-refractivity contribution is 5.83. The van der Waals surface area contributed by atoms with Crippen molar-refractivity contribution in [3.05, 3.63) is 46.8 Å². The molecule has 4 rings (SSSR count). The van der Waals surface area contributed by atoms with Crippen molar-refractivity contribution in [3.63, 3.8) is 0 Å². The SMILES string of the molecule is COC1CCN(c2nc(N)c(-c3ccc4ccccc4n3)c(=O)[nH]2)C1. The lowest BCUT2D eigenvalue weighted by molar-refractivity contribution is 0.121. The highest BCUT2D eigenvalue weighted by Crippen LogP contribution is 2.24. The Labute approximate surface area is 144 Å². The van der Waals surface area contributed by atoms with E-state index < -0.39 is 0 Å². The Morgan fingerprint density at radius 1 is 1.24 bits per heavy atom. The molecule has 1 fully saturated rings. The summed E-state index contributed by atoms with van der Waals surface area (Å²) in [7, 11) is 1.69. The van der Waals surface area contributed by atoms with Crippen LogP contribution in [0, 0.1) is 0 Å². The molecule has 128 valence electrons. The second kappa shape index (κ2) is 6.18. The smallest absolute Gasteiger partial charge is 0.263 e. The summed E-state index contributed by atoms with van der Waals surface area (Å²) in [5.41, 5.74) is 7.45. The fourth-order valence-corrected chi connectivity index (χ4v) is 3.19. The van der Waals surface area contributed by atoms with Crippen LogP contribution in [0.3, 0.4) is 0 Å². The molecule has 0 saturated carbocycles. The lowest BCUT2D eigenvalue weighted by atomic mass is 10.1. The van der Waals surface area contributed by atoms with E-state index >= 15 is 0 Å². The number of nitrogens with one attached hydrogen (secondary N) is 1. The van der Waals surface area contributed by atoms with Crippen LogP contribution in [0.1, 0.15) is 6.42 Å². The largest absolute Gasteiger partial charge is 0.383 e. The van der Waals surface area contributed by atoms with Crippen molar-refractivity contribution in [1.29, 1.82) is 0 Å². The fraction of sp³-hybridized carbons (Fsp3) is 0.278. The minimum atomic E-state index is -0.286. The lowest BCUT2D eigenvalue weighted by Crippen LogP contribution is -2.27. The maximum absolute atomic E-state index is 12.6. The number of nitrogen functional groups attached to an aromatic ring is 1. The molecule has 0 amide bonds. The van der Waals surface area contributed by atoms with Gasteiger partial charge in [-0.15, -0.1) is 0 Å². The van der Waals surface area contributed by atoms with Gasteiger partial charge in [0.25, 0.3) is 5.56 Å². The number of para-hydroxylation sites is 1. The van der Waals surface area contributed by atoms with Crippen molar-refractivity contribution in [2.45, 2.75) is 12.5 Å². The molecule has 1 saturated heterocycles. The highest BCUT2D eigenvalue weighted by atomic mass is 16.5. The minimum absolute atomic E-state index is 0.147. The summed E-state index contributed by atoms with van der Waals surface area (Å²) in [6, 6.07) is 11.5. The van der Waals surface area contributed by atoms with E-state index in [1.54, 1.807) is 13.2 Å². The molecule has 7 heteroatoms. The number of nitrogens with two attached hydrogens (primary N) is 1. The van der Waals surface area contributed by atoms with Crippen LogP contribution in [0.2, 0.25) is 0 Å². The average Bonchev–Trinajstić information content (AvgIpc) is 3.10. The van der Waals surface area contributed by atoms with Crippen LogP contribution in [0.15, 0.2) is 41.2 Å². The van der Waals surface area contributed by atoms with Gasteiger partial charge in [-0.2, -0.15) is 4.98 Å². The first kappa shape index (κ1) is 15.6.